The minimum atomic E-state index is -0.922. The molecule has 1 aromatic heterocycles. The summed E-state index contributed by atoms with van der Waals surface area (Å²) in [5, 5.41) is 12.0. The molecule has 86 valence electrons. The van der Waals surface area contributed by atoms with Gasteiger partial charge in [-0.2, -0.15) is 0 Å². The van der Waals surface area contributed by atoms with E-state index in [4.69, 9.17) is 5.11 Å². The number of aromatic carboxylic acids is 1. The van der Waals surface area contributed by atoms with Crippen molar-refractivity contribution < 1.29 is 9.90 Å². The first-order valence-electron chi connectivity index (χ1n) is 5.19. The van der Waals surface area contributed by atoms with Crippen molar-refractivity contribution in [1.82, 2.24) is 4.98 Å². The van der Waals surface area contributed by atoms with E-state index >= 15 is 0 Å². The summed E-state index contributed by atoms with van der Waals surface area (Å²) in [4.78, 5) is 14.9. The highest BCUT2D eigenvalue weighted by Crippen LogP contribution is 2.18. The molecule has 0 spiro atoms. The van der Waals surface area contributed by atoms with Crippen LogP contribution in [0.15, 0.2) is 42.6 Å². The van der Waals surface area contributed by atoms with Crippen LogP contribution in [0.5, 0.6) is 0 Å². The average Bonchev–Trinajstić information content (AvgIpc) is 2.33. The number of carboxylic acid groups (broad SMARTS) is 1. The molecule has 0 amide bonds. The number of carbonyl (C=O) groups is 1. The Labute approximate surface area is 98.9 Å². The first-order valence-corrected chi connectivity index (χ1v) is 5.19. The fraction of sp³-hybridized carbons (Fsp3) is 0.0769. The van der Waals surface area contributed by atoms with Crippen LogP contribution in [0.3, 0.4) is 0 Å². The third-order valence-electron chi connectivity index (χ3n) is 2.42. The highest BCUT2D eigenvalue weighted by atomic mass is 16.4. The highest BCUT2D eigenvalue weighted by molar-refractivity contribution is 5.88. The summed E-state index contributed by atoms with van der Waals surface area (Å²) in [5.74, 6) is -0.922. The lowest BCUT2D eigenvalue weighted by Gasteiger charge is -2.08. The third kappa shape index (κ3) is 2.60. The summed E-state index contributed by atoms with van der Waals surface area (Å²) in [7, 11) is 0. The van der Waals surface area contributed by atoms with E-state index in [1.807, 2.05) is 19.1 Å². The molecule has 2 aromatic rings. The van der Waals surface area contributed by atoms with Gasteiger partial charge in [0.2, 0.25) is 0 Å². The van der Waals surface area contributed by atoms with Crippen molar-refractivity contribution in [2.75, 3.05) is 5.32 Å². The maximum absolute atomic E-state index is 10.7. The Morgan fingerprint density at radius 2 is 1.94 bits per heavy atom. The number of nitrogens with zero attached hydrogens (tertiary/aromatic N) is 1. The molecule has 0 unspecified atom stereocenters. The maximum atomic E-state index is 10.7. The van der Waals surface area contributed by atoms with Crippen molar-refractivity contribution in [2.45, 2.75) is 6.92 Å². The van der Waals surface area contributed by atoms with E-state index in [2.05, 4.69) is 10.3 Å². The van der Waals surface area contributed by atoms with E-state index in [0.717, 1.165) is 17.1 Å². The number of hydrogen-bond acceptors (Lipinski definition) is 3. The average molecular weight is 228 g/mol. The second kappa shape index (κ2) is 4.65. The van der Waals surface area contributed by atoms with Crippen molar-refractivity contribution in [3.8, 4) is 0 Å². The van der Waals surface area contributed by atoms with Crippen LogP contribution < -0.4 is 5.32 Å². The molecule has 17 heavy (non-hydrogen) atoms. The number of carboxylic acids is 1. The first kappa shape index (κ1) is 11.1. The molecule has 1 heterocycles. The number of nitrogens with one attached hydrogen (secondary N) is 1. The van der Waals surface area contributed by atoms with Gasteiger partial charge in [-0.3, -0.25) is 4.98 Å². The molecule has 0 radical (unpaired) electrons. The Morgan fingerprint density at radius 3 is 2.53 bits per heavy atom. The fourth-order valence-electron chi connectivity index (χ4n) is 1.47. The maximum Gasteiger partial charge on any atom is 0.335 e. The zero-order valence-electron chi connectivity index (χ0n) is 9.34. The molecule has 0 saturated heterocycles. The van der Waals surface area contributed by atoms with Crippen molar-refractivity contribution >= 4 is 17.3 Å². The number of anilines is 2. The molecule has 0 atom stereocenters. The Morgan fingerprint density at radius 1 is 1.24 bits per heavy atom. The highest BCUT2D eigenvalue weighted by Gasteiger charge is 2.02. The van der Waals surface area contributed by atoms with Gasteiger partial charge in [-0.1, -0.05) is 0 Å². The van der Waals surface area contributed by atoms with Crippen LogP contribution in [0, 0.1) is 6.92 Å². The quantitative estimate of drug-likeness (QED) is 0.847. The largest absolute Gasteiger partial charge is 0.478 e. The Hall–Kier alpha value is -2.36. The molecule has 0 saturated carbocycles. The van der Waals surface area contributed by atoms with E-state index < -0.39 is 5.97 Å². The van der Waals surface area contributed by atoms with Crippen molar-refractivity contribution in [2.24, 2.45) is 0 Å². The fourth-order valence-corrected chi connectivity index (χ4v) is 1.47. The molecular formula is C13H12N2O2. The number of aromatic nitrogens is 1. The molecule has 2 N–H and O–H groups in total. The van der Waals surface area contributed by atoms with E-state index in [1.54, 1.807) is 30.5 Å². The van der Waals surface area contributed by atoms with Crippen molar-refractivity contribution in [3.63, 3.8) is 0 Å². The van der Waals surface area contributed by atoms with Crippen molar-refractivity contribution in [1.29, 1.82) is 0 Å². The van der Waals surface area contributed by atoms with Gasteiger partial charge in [0.25, 0.3) is 0 Å². The van der Waals surface area contributed by atoms with E-state index in [1.165, 1.54) is 0 Å². The second-order valence-electron chi connectivity index (χ2n) is 3.64. The van der Waals surface area contributed by atoms with Gasteiger partial charge in [0.05, 0.1) is 16.9 Å². The van der Waals surface area contributed by atoms with Gasteiger partial charge in [-0.25, -0.2) is 4.79 Å². The summed E-state index contributed by atoms with van der Waals surface area (Å²) in [5.41, 5.74) is 2.93. The SMILES string of the molecule is Cc1ncccc1Nc1ccc(C(=O)O)cc1. The van der Waals surface area contributed by atoms with Gasteiger partial charge in [-0.05, 0) is 43.3 Å². The number of rotatable bonds is 3. The zero-order valence-corrected chi connectivity index (χ0v) is 9.34. The van der Waals surface area contributed by atoms with Crippen LogP contribution in [-0.4, -0.2) is 16.1 Å². The van der Waals surface area contributed by atoms with Gasteiger partial charge in [0.1, 0.15) is 0 Å². The Bertz CT molecular complexity index is 535. The number of aryl methyl sites for hydroxylation is 1. The molecule has 4 nitrogen and oxygen atoms in total. The molecule has 0 fully saturated rings. The summed E-state index contributed by atoms with van der Waals surface area (Å²) < 4.78 is 0. The van der Waals surface area contributed by atoms with E-state index in [9.17, 15) is 4.79 Å². The Balaban J connectivity index is 2.20. The van der Waals surface area contributed by atoms with Crippen LogP contribution >= 0.6 is 0 Å². The molecule has 0 aliphatic rings. The normalized spacial score (nSPS) is 9.94. The molecule has 1 aromatic carbocycles. The van der Waals surface area contributed by atoms with Gasteiger partial charge >= 0.3 is 5.97 Å². The van der Waals surface area contributed by atoms with Gasteiger partial charge < -0.3 is 10.4 Å². The van der Waals surface area contributed by atoms with E-state index in [0.29, 0.717) is 0 Å². The third-order valence-corrected chi connectivity index (χ3v) is 2.42. The summed E-state index contributed by atoms with van der Waals surface area (Å²) in [6.45, 7) is 1.91. The number of hydrogen-bond donors (Lipinski definition) is 2. The predicted octanol–water partition coefficient (Wildman–Crippen LogP) is 2.83. The van der Waals surface area contributed by atoms with E-state index in [-0.39, 0.29) is 5.56 Å². The predicted molar refractivity (Wildman–Crippen MR) is 65.7 cm³/mol. The van der Waals surface area contributed by atoms with Crippen LogP contribution in [-0.2, 0) is 0 Å². The lowest BCUT2D eigenvalue weighted by molar-refractivity contribution is 0.0697. The van der Waals surface area contributed by atoms with Crippen LogP contribution in [0.1, 0.15) is 16.1 Å². The first-order chi connectivity index (χ1) is 8.16. The van der Waals surface area contributed by atoms with Gasteiger partial charge in [0, 0.05) is 11.9 Å². The van der Waals surface area contributed by atoms with Crippen LogP contribution in [0.25, 0.3) is 0 Å². The molecule has 0 bridgehead atoms. The number of benzene rings is 1. The minimum absolute atomic E-state index is 0.276. The zero-order chi connectivity index (χ0) is 12.3. The van der Waals surface area contributed by atoms with Gasteiger partial charge in [0.15, 0.2) is 0 Å². The van der Waals surface area contributed by atoms with Crippen molar-refractivity contribution in [3.05, 3.63) is 53.9 Å². The summed E-state index contributed by atoms with van der Waals surface area (Å²) in [6, 6.07) is 10.4. The minimum Gasteiger partial charge on any atom is -0.478 e. The topological polar surface area (TPSA) is 62.2 Å². The standard InChI is InChI=1S/C13H12N2O2/c1-9-12(3-2-8-14-9)15-11-6-4-10(5-7-11)13(16)17/h2-8,15H,1H3,(H,16,17). The van der Waals surface area contributed by atoms with Crippen LogP contribution in [0.2, 0.25) is 0 Å². The monoisotopic (exact) mass is 228 g/mol. The smallest absolute Gasteiger partial charge is 0.335 e. The second-order valence-corrected chi connectivity index (χ2v) is 3.64. The lowest BCUT2D eigenvalue weighted by atomic mass is 10.2. The summed E-state index contributed by atoms with van der Waals surface area (Å²) >= 11 is 0. The number of pyridine rings is 1. The molecular weight excluding hydrogens is 216 g/mol. The Kier molecular flexibility index (Phi) is 3.05. The molecule has 0 aliphatic carbocycles. The van der Waals surface area contributed by atoms with Crippen LogP contribution in [0.4, 0.5) is 11.4 Å². The summed E-state index contributed by atoms with van der Waals surface area (Å²) in [6.07, 6.45) is 1.73. The van der Waals surface area contributed by atoms with Gasteiger partial charge in [-0.15, -0.1) is 0 Å². The lowest BCUT2D eigenvalue weighted by Crippen LogP contribution is -1.97. The molecule has 2 rings (SSSR count). The molecule has 4 heteroatoms. The molecule has 0 aliphatic heterocycles.